The summed E-state index contributed by atoms with van der Waals surface area (Å²) in [6.07, 6.45) is 0. The summed E-state index contributed by atoms with van der Waals surface area (Å²) in [7, 11) is 0. The second-order valence-electron chi connectivity index (χ2n) is 6.02. The van der Waals surface area contributed by atoms with Crippen molar-refractivity contribution in [3.05, 3.63) is 52.7 Å². The molecule has 0 atom stereocenters. The molecule has 0 amide bonds. The number of hydrogen-bond donors (Lipinski definition) is 1. The Kier molecular flexibility index (Phi) is 5.21. The van der Waals surface area contributed by atoms with Gasteiger partial charge in [-0.15, -0.1) is 0 Å². The molecule has 0 spiro atoms. The zero-order valence-electron chi connectivity index (χ0n) is 13.9. The summed E-state index contributed by atoms with van der Waals surface area (Å²) in [6, 6.07) is 12.1. The Labute approximate surface area is 153 Å². The van der Waals surface area contributed by atoms with E-state index in [1.54, 1.807) is 0 Å². The first-order chi connectivity index (χ1) is 11.5. The third kappa shape index (κ3) is 3.97. The molecule has 3 rings (SSSR count). The number of piperazine rings is 1. The van der Waals surface area contributed by atoms with Crippen LogP contribution in [0.3, 0.4) is 0 Å². The van der Waals surface area contributed by atoms with E-state index in [-0.39, 0.29) is 0 Å². The molecule has 126 valence electrons. The zero-order valence-corrected chi connectivity index (χ0v) is 15.5. The predicted molar refractivity (Wildman–Crippen MR) is 105 cm³/mol. The Morgan fingerprint density at radius 1 is 1.12 bits per heavy atom. The number of aryl methyl sites for hydroxylation is 2. The minimum absolute atomic E-state index is 0.694. The lowest BCUT2D eigenvalue weighted by molar-refractivity contribution is 0.389. The number of anilines is 2. The lowest BCUT2D eigenvalue weighted by Crippen LogP contribution is -2.50. The van der Waals surface area contributed by atoms with E-state index in [9.17, 15) is 0 Å². The topological polar surface area (TPSA) is 31.4 Å². The maximum absolute atomic E-state index is 6.27. The Hall–Kier alpha value is -1.85. The van der Waals surface area contributed by atoms with E-state index in [2.05, 4.69) is 32.2 Å². The van der Waals surface area contributed by atoms with Crippen molar-refractivity contribution >= 4 is 40.4 Å². The van der Waals surface area contributed by atoms with E-state index in [0.717, 1.165) is 54.1 Å². The number of aromatic nitrogens is 1. The van der Waals surface area contributed by atoms with E-state index < -0.39 is 0 Å². The van der Waals surface area contributed by atoms with Crippen LogP contribution in [0.1, 0.15) is 11.3 Å². The summed E-state index contributed by atoms with van der Waals surface area (Å²) in [5.74, 6) is 1.04. The maximum Gasteiger partial charge on any atom is 0.173 e. The smallest absolute Gasteiger partial charge is 0.173 e. The highest BCUT2D eigenvalue weighted by Crippen LogP contribution is 2.23. The van der Waals surface area contributed by atoms with Gasteiger partial charge in [0.2, 0.25) is 0 Å². The molecule has 2 heterocycles. The number of pyridine rings is 1. The Morgan fingerprint density at radius 3 is 2.54 bits per heavy atom. The van der Waals surface area contributed by atoms with Crippen molar-refractivity contribution in [2.24, 2.45) is 0 Å². The molecule has 0 radical (unpaired) electrons. The lowest BCUT2D eigenvalue weighted by Gasteiger charge is -2.37. The van der Waals surface area contributed by atoms with Crippen LogP contribution in [0.5, 0.6) is 0 Å². The van der Waals surface area contributed by atoms with Gasteiger partial charge in [0, 0.05) is 31.9 Å². The van der Waals surface area contributed by atoms with E-state index in [4.69, 9.17) is 23.8 Å². The summed E-state index contributed by atoms with van der Waals surface area (Å²) in [6.45, 7) is 7.58. The standard InChI is InChI=1S/C18H21ClN4S/c1-13-6-7-16(15(19)12-13)21-18(24)23-10-8-22(9-11-23)17-5-3-4-14(2)20-17/h3-7,12H,8-11H2,1-2H3,(H,21,24). The summed E-state index contributed by atoms with van der Waals surface area (Å²) in [5.41, 5.74) is 3.03. The average Bonchev–Trinajstić information content (AvgIpc) is 2.57. The number of hydrogen-bond acceptors (Lipinski definition) is 3. The van der Waals surface area contributed by atoms with E-state index in [0.29, 0.717) is 5.02 Å². The molecule has 1 aliphatic heterocycles. The minimum atomic E-state index is 0.694. The fourth-order valence-corrected chi connectivity index (χ4v) is 3.33. The summed E-state index contributed by atoms with van der Waals surface area (Å²) in [5, 5.41) is 4.68. The molecule has 0 aliphatic carbocycles. The van der Waals surface area contributed by atoms with Crippen LogP contribution >= 0.6 is 23.8 Å². The van der Waals surface area contributed by atoms with Crippen molar-refractivity contribution < 1.29 is 0 Å². The molecule has 4 nitrogen and oxygen atoms in total. The molecule has 1 aromatic carbocycles. The Morgan fingerprint density at radius 2 is 1.88 bits per heavy atom. The molecule has 24 heavy (non-hydrogen) atoms. The van der Waals surface area contributed by atoms with Crippen LogP contribution in [0.2, 0.25) is 5.02 Å². The van der Waals surface area contributed by atoms with Crippen molar-refractivity contribution in [1.29, 1.82) is 0 Å². The van der Waals surface area contributed by atoms with E-state index in [1.165, 1.54) is 0 Å². The molecule has 0 unspecified atom stereocenters. The van der Waals surface area contributed by atoms with Crippen LogP contribution in [0.15, 0.2) is 36.4 Å². The van der Waals surface area contributed by atoms with Crippen molar-refractivity contribution in [2.45, 2.75) is 13.8 Å². The molecule has 1 aliphatic rings. The fourth-order valence-electron chi connectivity index (χ4n) is 2.76. The minimum Gasteiger partial charge on any atom is -0.353 e. The van der Waals surface area contributed by atoms with Crippen molar-refractivity contribution in [2.75, 3.05) is 36.4 Å². The molecule has 2 aromatic rings. The van der Waals surface area contributed by atoms with Crippen LogP contribution in [0, 0.1) is 13.8 Å². The normalized spacial score (nSPS) is 14.6. The van der Waals surface area contributed by atoms with Gasteiger partial charge >= 0.3 is 0 Å². The SMILES string of the molecule is Cc1ccc(NC(=S)N2CCN(c3cccc(C)n3)CC2)c(Cl)c1. The van der Waals surface area contributed by atoms with Crippen LogP contribution in [0.25, 0.3) is 0 Å². The van der Waals surface area contributed by atoms with Gasteiger partial charge in [-0.3, -0.25) is 0 Å². The molecule has 1 aromatic heterocycles. The van der Waals surface area contributed by atoms with E-state index in [1.807, 2.05) is 38.1 Å². The third-order valence-electron chi connectivity index (χ3n) is 4.13. The van der Waals surface area contributed by atoms with Crippen LogP contribution in [-0.4, -0.2) is 41.2 Å². The van der Waals surface area contributed by atoms with Crippen LogP contribution in [-0.2, 0) is 0 Å². The van der Waals surface area contributed by atoms with Gasteiger partial charge in [0.25, 0.3) is 0 Å². The highest BCUT2D eigenvalue weighted by molar-refractivity contribution is 7.80. The molecule has 1 N–H and O–H groups in total. The average molecular weight is 361 g/mol. The van der Waals surface area contributed by atoms with Crippen molar-refractivity contribution in [3.8, 4) is 0 Å². The highest BCUT2D eigenvalue weighted by atomic mass is 35.5. The van der Waals surface area contributed by atoms with Gasteiger partial charge < -0.3 is 15.1 Å². The summed E-state index contributed by atoms with van der Waals surface area (Å²) in [4.78, 5) is 9.07. The fraction of sp³-hybridized carbons (Fsp3) is 0.333. The Bertz CT molecular complexity index is 742. The molecular weight excluding hydrogens is 340 g/mol. The molecule has 1 fully saturated rings. The third-order valence-corrected chi connectivity index (χ3v) is 4.80. The highest BCUT2D eigenvalue weighted by Gasteiger charge is 2.20. The van der Waals surface area contributed by atoms with Crippen molar-refractivity contribution in [1.82, 2.24) is 9.88 Å². The zero-order chi connectivity index (χ0) is 17.1. The number of benzene rings is 1. The largest absolute Gasteiger partial charge is 0.353 e. The predicted octanol–water partition coefficient (Wildman–Crippen LogP) is 3.87. The quantitative estimate of drug-likeness (QED) is 0.822. The summed E-state index contributed by atoms with van der Waals surface area (Å²) >= 11 is 11.8. The second-order valence-corrected chi connectivity index (χ2v) is 6.82. The van der Waals surface area contributed by atoms with Gasteiger partial charge in [0.1, 0.15) is 5.82 Å². The van der Waals surface area contributed by atoms with Gasteiger partial charge in [-0.1, -0.05) is 23.7 Å². The first-order valence-corrected chi connectivity index (χ1v) is 8.82. The molecular formula is C18H21ClN4S. The van der Waals surface area contributed by atoms with Gasteiger partial charge in [-0.05, 0) is 55.9 Å². The van der Waals surface area contributed by atoms with Gasteiger partial charge in [-0.2, -0.15) is 0 Å². The van der Waals surface area contributed by atoms with Gasteiger partial charge in [-0.25, -0.2) is 4.98 Å². The first-order valence-electron chi connectivity index (χ1n) is 8.03. The first kappa shape index (κ1) is 17.0. The molecule has 0 bridgehead atoms. The molecule has 6 heteroatoms. The number of halogens is 1. The number of thiocarbonyl (C=S) groups is 1. The van der Waals surface area contributed by atoms with Gasteiger partial charge in [0.15, 0.2) is 5.11 Å². The number of nitrogens with zero attached hydrogens (tertiary/aromatic N) is 3. The van der Waals surface area contributed by atoms with Crippen LogP contribution in [0.4, 0.5) is 11.5 Å². The van der Waals surface area contributed by atoms with Crippen LogP contribution < -0.4 is 10.2 Å². The monoisotopic (exact) mass is 360 g/mol. The number of rotatable bonds is 2. The summed E-state index contributed by atoms with van der Waals surface area (Å²) < 4.78 is 0. The Balaban J connectivity index is 1.59. The van der Waals surface area contributed by atoms with Gasteiger partial charge in [0.05, 0.1) is 10.7 Å². The number of nitrogens with one attached hydrogen (secondary N) is 1. The van der Waals surface area contributed by atoms with E-state index >= 15 is 0 Å². The molecule has 1 saturated heterocycles. The van der Waals surface area contributed by atoms with Crippen molar-refractivity contribution in [3.63, 3.8) is 0 Å². The molecule has 0 saturated carbocycles. The lowest BCUT2D eigenvalue weighted by atomic mass is 10.2. The maximum atomic E-state index is 6.27. The second kappa shape index (κ2) is 7.36.